The van der Waals surface area contributed by atoms with Gasteiger partial charge in [-0.25, -0.2) is 12.4 Å². The lowest BCUT2D eigenvalue weighted by Gasteiger charge is -2.08. The van der Waals surface area contributed by atoms with Crippen molar-refractivity contribution < 1.29 is 8.42 Å². The quantitative estimate of drug-likeness (QED) is 0.739. The molecule has 0 saturated heterocycles. The molecule has 4 heteroatoms. The first-order chi connectivity index (χ1) is 9.63. The summed E-state index contributed by atoms with van der Waals surface area (Å²) in [6.07, 6.45) is 2.50. The van der Waals surface area contributed by atoms with Crippen LogP contribution in [0.25, 0.3) is 10.9 Å². The molecule has 3 aromatic rings. The Morgan fingerprint density at radius 1 is 0.950 bits per heavy atom. The molecular weight excluding hydrogens is 270 g/mol. The molecule has 0 fully saturated rings. The monoisotopic (exact) mass is 285 g/mol. The molecular formula is C16H15NO2S. The van der Waals surface area contributed by atoms with E-state index in [9.17, 15) is 8.42 Å². The van der Waals surface area contributed by atoms with Crippen molar-refractivity contribution in [3.8, 4) is 0 Å². The molecule has 0 radical (unpaired) electrons. The zero-order valence-corrected chi connectivity index (χ0v) is 12.0. The molecule has 3 nitrogen and oxygen atoms in total. The average Bonchev–Trinajstić information content (AvgIpc) is 2.92. The van der Waals surface area contributed by atoms with E-state index in [0.29, 0.717) is 10.4 Å². The van der Waals surface area contributed by atoms with Crippen molar-refractivity contribution in [2.75, 3.05) is 0 Å². The Morgan fingerprint density at radius 3 is 2.35 bits per heavy atom. The summed E-state index contributed by atoms with van der Waals surface area (Å²) in [5, 5.41) is 0.918. The van der Waals surface area contributed by atoms with Gasteiger partial charge in [0.05, 0.1) is 10.4 Å². The SMILES string of the molecule is CCc1ccc(S(=O)(=O)n2ccc3ccccc32)cc1. The van der Waals surface area contributed by atoms with E-state index in [0.717, 1.165) is 17.4 Å². The first kappa shape index (κ1) is 12.9. The number of aromatic nitrogens is 1. The van der Waals surface area contributed by atoms with Crippen molar-refractivity contribution >= 4 is 20.9 Å². The number of hydrogen-bond acceptors (Lipinski definition) is 2. The van der Waals surface area contributed by atoms with E-state index >= 15 is 0 Å². The minimum Gasteiger partial charge on any atom is -0.241 e. The minimum absolute atomic E-state index is 0.316. The maximum Gasteiger partial charge on any atom is 0.268 e. The van der Waals surface area contributed by atoms with Crippen molar-refractivity contribution in [1.82, 2.24) is 3.97 Å². The largest absolute Gasteiger partial charge is 0.268 e. The lowest BCUT2D eigenvalue weighted by molar-refractivity contribution is 0.589. The molecule has 0 aliphatic rings. The zero-order valence-electron chi connectivity index (χ0n) is 11.2. The first-order valence-corrected chi connectivity index (χ1v) is 7.97. The number of para-hydroxylation sites is 1. The van der Waals surface area contributed by atoms with Crippen LogP contribution in [0, 0.1) is 0 Å². The van der Waals surface area contributed by atoms with E-state index in [-0.39, 0.29) is 0 Å². The number of fused-ring (bicyclic) bond motifs is 1. The van der Waals surface area contributed by atoms with E-state index in [1.165, 1.54) is 3.97 Å². The Bertz CT molecular complexity index is 846. The Balaban J connectivity index is 2.15. The van der Waals surface area contributed by atoms with Crippen molar-refractivity contribution in [3.63, 3.8) is 0 Å². The third-order valence-electron chi connectivity index (χ3n) is 3.45. The average molecular weight is 285 g/mol. The number of rotatable bonds is 3. The molecule has 0 saturated carbocycles. The van der Waals surface area contributed by atoms with Gasteiger partial charge in [0.15, 0.2) is 0 Å². The highest BCUT2D eigenvalue weighted by Gasteiger charge is 2.18. The Labute approximate surface area is 118 Å². The molecule has 0 spiro atoms. The summed E-state index contributed by atoms with van der Waals surface area (Å²) in [6.45, 7) is 2.04. The van der Waals surface area contributed by atoms with Gasteiger partial charge in [0.25, 0.3) is 10.0 Å². The minimum atomic E-state index is -3.53. The molecule has 2 aromatic carbocycles. The summed E-state index contributed by atoms with van der Waals surface area (Å²) < 4.78 is 26.7. The summed E-state index contributed by atoms with van der Waals surface area (Å²) >= 11 is 0. The van der Waals surface area contributed by atoms with Gasteiger partial charge in [-0.15, -0.1) is 0 Å². The van der Waals surface area contributed by atoms with Crippen LogP contribution < -0.4 is 0 Å². The smallest absolute Gasteiger partial charge is 0.241 e. The highest BCUT2D eigenvalue weighted by Crippen LogP contribution is 2.22. The second-order valence-electron chi connectivity index (χ2n) is 4.67. The van der Waals surface area contributed by atoms with Crippen LogP contribution in [0.3, 0.4) is 0 Å². The van der Waals surface area contributed by atoms with Gasteiger partial charge in [-0.1, -0.05) is 37.3 Å². The second-order valence-corrected chi connectivity index (χ2v) is 6.49. The number of hydrogen-bond donors (Lipinski definition) is 0. The van der Waals surface area contributed by atoms with Crippen molar-refractivity contribution in [2.45, 2.75) is 18.2 Å². The van der Waals surface area contributed by atoms with E-state index in [1.54, 1.807) is 18.3 Å². The zero-order chi connectivity index (χ0) is 14.2. The van der Waals surface area contributed by atoms with E-state index < -0.39 is 10.0 Å². The van der Waals surface area contributed by atoms with Gasteiger partial charge >= 0.3 is 0 Å². The normalized spacial score (nSPS) is 11.8. The van der Waals surface area contributed by atoms with Crippen LogP contribution >= 0.6 is 0 Å². The van der Waals surface area contributed by atoms with Gasteiger partial charge in [-0.05, 0) is 36.2 Å². The predicted molar refractivity (Wildman–Crippen MR) is 80.3 cm³/mol. The molecule has 102 valence electrons. The van der Waals surface area contributed by atoms with E-state index in [4.69, 9.17) is 0 Å². The maximum absolute atomic E-state index is 12.7. The fraction of sp³-hybridized carbons (Fsp3) is 0.125. The summed E-state index contributed by atoms with van der Waals surface area (Å²) in [5.41, 5.74) is 1.83. The first-order valence-electron chi connectivity index (χ1n) is 6.53. The van der Waals surface area contributed by atoms with Crippen LogP contribution in [0.15, 0.2) is 65.7 Å². The van der Waals surface area contributed by atoms with Gasteiger partial charge < -0.3 is 0 Å². The lowest BCUT2D eigenvalue weighted by Crippen LogP contribution is -2.11. The van der Waals surface area contributed by atoms with Crippen molar-refractivity contribution in [3.05, 3.63) is 66.4 Å². The van der Waals surface area contributed by atoms with Crippen molar-refractivity contribution in [1.29, 1.82) is 0 Å². The third kappa shape index (κ3) is 2.02. The molecule has 1 heterocycles. The van der Waals surface area contributed by atoms with Gasteiger partial charge in [0, 0.05) is 11.6 Å². The molecule has 20 heavy (non-hydrogen) atoms. The van der Waals surface area contributed by atoms with Crippen LogP contribution in [-0.4, -0.2) is 12.4 Å². The number of benzene rings is 2. The lowest BCUT2D eigenvalue weighted by atomic mass is 10.2. The molecule has 0 unspecified atom stereocenters. The number of nitrogens with zero attached hydrogens (tertiary/aromatic N) is 1. The Kier molecular flexibility index (Phi) is 3.10. The standard InChI is InChI=1S/C16H15NO2S/c1-2-13-7-9-15(10-8-13)20(18,19)17-12-11-14-5-3-4-6-16(14)17/h3-12H,2H2,1H3. The van der Waals surface area contributed by atoms with Crippen LogP contribution in [0.5, 0.6) is 0 Å². The van der Waals surface area contributed by atoms with Crippen molar-refractivity contribution in [2.24, 2.45) is 0 Å². The van der Waals surface area contributed by atoms with Gasteiger partial charge in [-0.3, -0.25) is 0 Å². The third-order valence-corrected chi connectivity index (χ3v) is 5.16. The van der Waals surface area contributed by atoms with Gasteiger partial charge in [0.1, 0.15) is 0 Å². The molecule has 0 aliphatic heterocycles. The Morgan fingerprint density at radius 2 is 1.65 bits per heavy atom. The van der Waals surface area contributed by atoms with E-state index in [2.05, 4.69) is 0 Å². The molecule has 0 atom stereocenters. The molecule has 0 N–H and O–H groups in total. The summed E-state index contributed by atoms with van der Waals surface area (Å²) in [7, 11) is -3.53. The molecule has 0 amide bonds. The van der Waals surface area contributed by atoms with Crippen LogP contribution in [-0.2, 0) is 16.4 Å². The van der Waals surface area contributed by atoms with Gasteiger partial charge in [0.2, 0.25) is 0 Å². The predicted octanol–water partition coefficient (Wildman–Crippen LogP) is 3.44. The molecule has 0 aliphatic carbocycles. The molecule has 3 rings (SSSR count). The molecule has 0 bridgehead atoms. The van der Waals surface area contributed by atoms with E-state index in [1.807, 2.05) is 49.4 Å². The number of aryl methyl sites for hydroxylation is 1. The fourth-order valence-electron chi connectivity index (χ4n) is 2.28. The Hall–Kier alpha value is -2.07. The van der Waals surface area contributed by atoms with Crippen LogP contribution in [0.2, 0.25) is 0 Å². The molecule has 1 aromatic heterocycles. The van der Waals surface area contributed by atoms with Gasteiger partial charge in [-0.2, -0.15) is 0 Å². The summed E-state index contributed by atoms with van der Waals surface area (Å²) in [6, 6.07) is 16.3. The summed E-state index contributed by atoms with van der Waals surface area (Å²) in [4.78, 5) is 0.316. The summed E-state index contributed by atoms with van der Waals surface area (Å²) in [5.74, 6) is 0. The highest BCUT2D eigenvalue weighted by molar-refractivity contribution is 7.90. The van der Waals surface area contributed by atoms with Crippen LogP contribution in [0.4, 0.5) is 0 Å². The fourth-order valence-corrected chi connectivity index (χ4v) is 3.63. The maximum atomic E-state index is 12.7. The topological polar surface area (TPSA) is 39.1 Å². The second kappa shape index (κ2) is 4.80. The van der Waals surface area contributed by atoms with Crippen LogP contribution in [0.1, 0.15) is 12.5 Å². The highest BCUT2D eigenvalue weighted by atomic mass is 32.2.